The Morgan fingerprint density at radius 3 is 1.83 bits per heavy atom. The number of aliphatic hydroxyl groups is 5. The van der Waals surface area contributed by atoms with Crippen LogP contribution in [0.15, 0.2) is 83.1 Å². The van der Waals surface area contributed by atoms with Crippen molar-refractivity contribution >= 4 is 0 Å². The number of hydrogen-bond donors (Lipinski definition) is 5. The molecule has 6 saturated carbocycles. The molecule has 5 N–H and O–H groups in total. The van der Waals surface area contributed by atoms with Crippen molar-refractivity contribution in [3.8, 4) is 0 Å². The summed E-state index contributed by atoms with van der Waals surface area (Å²) >= 11 is 0. The van der Waals surface area contributed by atoms with Gasteiger partial charge < -0.3 is 25.5 Å². The first-order valence-corrected chi connectivity index (χ1v) is 24.4. The smallest absolute Gasteiger partial charge is 0.0811 e. The minimum Gasteiger partial charge on any atom is -0.393 e. The van der Waals surface area contributed by atoms with E-state index < -0.39 is 23.4 Å². The quantitative estimate of drug-likeness (QED) is 0.134. The Kier molecular flexibility index (Phi) is 16.5. The van der Waals surface area contributed by atoms with Crippen LogP contribution in [-0.2, 0) is 0 Å². The molecular weight excluding hydrogens is 741 g/mol. The van der Waals surface area contributed by atoms with Crippen molar-refractivity contribution in [3.05, 3.63) is 83.1 Å². The van der Waals surface area contributed by atoms with Gasteiger partial charge in [0.2, 0.25) is 0 Å². The van der Waals surface area contributed by atoms with Crippen LogP contribution in [0, 0.1) is 52.3 Å². The molecule has 5 heteroatoms. The molecule has 0 aliphatic heterocycles. The molecule has 5 nitrogen and oxygen atoms in total. The van der Waals surface area contributed by atoms with E-state index in [0.717, 1.165) is 49.2 Å². The lowest BCUT2D eigenvalue weighted by Gasteiger charge is -2.44. The zero-order valence-corrected chi connectivity index (χ0v) is 39.6. The maximum atomic E-state index is 10.3. The van der Waals surface area contributed by atoms with Gasteiger partial charge in [0.05, 0.1) is 29.5 Å². The number of hydrogen-bond acceptors (Lipinski definition) is 5. The normalized spacial score (nSPS) is 38.3. The van der Waals surface area contributed by atoms with Crippen molar-refractivity contribution in [1.82, 2.24) is 0 Å². The highest BCUT2D eigenvalue weighted by Gasteiger charge is 2.51. The molecule has 0 saturated heterocycles. The van der Waals surface area contributed by atoms with E-state index in [0.29, 0.717) is 53.3 Å². The molecule has 0 radical (unpaired) electrons. The summed E-state index contributed by atoms with van der Waals surface area (Å²) in [7, 11) is 0. The van der Waals surface area contributed by atoms with Crippen LogP contribution in [0.3, 0.4) is 0 Å². The van der Waals surface area contributed by atoms with Crippen LogP contribution in [0.4, 0.5) is 0 Å². The summed E-state index contributed by atoms with van der Waals surface area (Å²) < 4.78 is 0. The molecule has 0 heterocycles. The standard InChI is InChI=1S/C28H44O2.C27H44O3/c1-19-10-14-24(29)18-23(19)13-12-22-8-7-17-28(6)25(15-16-26(22)28)20(2)9-11-21(3)27(4,5)30;1-18(8-6-14-26(3,4)30)23-12-13-24-20(9-7-15-27(23,24)5)10-11-21-16-22(28)17-25(29)19(21)2/h9,11-13,20-21,24-26,29-30H,1,7-8,10,14-18H2,2-6H3;10-11,18,22-25,28-30H,2,6-9,12-17H2,1,3-5H3/b11-9+,22-12+,23-13-;20-10+,21-11-/t20-,21+,24+,25-,26+,28-;18-,22-,23-,24+,25+,27-/m11/s1. The second-order valence-corrected chi connectivity index (χ2v) is 22.6. The molecule has 0 aromatic heterocycles. The van der Waals surface area contributed by atoms with Crippen LogP contribution in [0.2, 0.25) is 0 Å². The molecule has 338 valence electrons. The molecular formula is C55H88O5. The van der Waals surface area contributed by atoms with E-state index in [-0.39, 0.29) is 12.0 Å². The molecule has 0 bridgehead atoms. The van der Waals surface area contributed by atoms with Gasteiger partial charge in [0.25, 0.3) is 0 Å². The minimum absolute atomic E-state index is 0.164. The van der Waals surface area contributed by atoms with E-state index in [4.69, 9.17) is 0 Å². The van der Waals surface area contributed by atoms with E-state index >= 15 is 0 Å². The molecule has 6 rings (SSSR count). The molecule has 60 heavy (non-hydrogen) atoms. The first kappa shape index (κ1) is 49.0. The van der Waals surface area contributed by atoms with Gasteiger partial charge in [-0.15, -0.1) is 0 Å². The SMILES string of the molecule is C=C1/C(=C\C=C2/CCC[C@]3(C)[C@@H]([C@H](C)CCCC(C)(C)O)CC[C@@H]23)C[C@@H](O)C[C@@H]1O.C=C1CC[C@H](O)C/C1=C/C=C1\CCC[C@]2(C)[C@@H]([C@H](C)/C=C/[C@H](C)C(C)(C)O)CC[C@@H]12. The van der Waals surface area contributed by atoms with Gasteiger partial charge in [0.15, 0.2) is 0 Å². The minimum atomic E-state index is -0.663. The van der Waals surface area contributed by atoms with Crippen LogP contribution in [-0.4, -0.2) is 55.0 Å². The number of fused-ring (bicyclic) bond motifs is 2. The Hall–Kier alpha value is -2.02. The van der Waals surface area contributed by atoms with Crippen molar-refractivity contribution in [1.29, 1.82) is 0 Å². The Bertz CT molecular complexity index is 1640. The van der Waals surface area contributed by atoms with Crippen molar-refractivity contribution in [3.63, 3.8) is 0 Å². The van der Waals surface area contributed by atoms with E-state index in [9.17, 15) is 25.5 Å². The molecule has 12 atom stereocenters. The highest BCUT2D eigenvalue weighted by Crippen LogP contribution is 2.61. The monoisotopic (exact) mass is 829 g/mol. The molecule has 0 aromatic rings. The maximum absolute atomic E-state index is 10.3. The summed E-state index contributed by atoms with van der Waals surface area (Å²) in [5.41, 5.74) is 6.95. The lowest BCUT2D eigenvalue weighted by Crippen LogP contribution is -2.36. The Morgan fingerprint density at radius 1 is 0.700 bits per heavy atom. The van der Waals surface area contributed by atoms with Gasteiger partial charge in [-0.1, -0.05) is 114 Å². The predicted octanol–water partition coefficient (Wildman–Crippen LogP) is 12.5. The zero-order valence-electron chi connectivity index (χ0n) is 39.6. The van der Waals surface area contributed by atoms with Crippen LogP contribution in [0.5, 0.6) is 0 Å². The summed E-state index contributed by atoms with van der Waals surface area (Å²) in [6.07, 6.45) is 31.8. The van der Waals surface area contributed by atoms with Crippen LogP contribution >= 0.6 is 0 Å². The Labute approximate surface area is 367 Å². The summed E-state index contributed by atoms with van der Waals surface area (Å²) in [5, 5.41) is 50.5. The second-order valence-electron chi connectivity index (χ2n) is 22.6. The van der Waals surface area contributed by atoms with Gasteiger partial charge in [-0.25, -0.2) is 0 Å². The van der Waals surface area contributed by atoms with Crippen molar-refractivity contribution in [2.45, 2.75) is 207 Å². The molecule has 6 fully saturated rings. The van der Waals surface area contributed by atoms with Gasteiger partial charge in [-0.2, -0.15) is 0 Å². The molecule has 0 unspecified atom stereocenters. The summed E-state index contributed by atoms with van der Waals surface area (Å²) in [4.78, 5) is 0. The van der Waals surface area contributed by atoms with Crippen molar-refractivity contribution in [2.75, 3.05) is 0 Å². The highest BCUT2D eigenvalue weighted by molar-refractivity contribution is 5.39. The average molecular weight is 829 g/mol. The predicted molar refractivity (Wildman–Crippen MR) is 251 cm³/mol. The average Bonchev–Trinajstić information content (AvgIpc) is 3.71. The Balaban J connectivity index is 0.000000228. The van der Waals surface area contributed by atoms with Gasteiger partial charge in [-0.05, 0) is 187 Å². The van der Waals surface area contributed by atoms with Crippen LogP contribution in [0.1, 0.15) is 178 Å². The van der Waals surface area contributed by atoms with Crippen molar-refractivity contribution < 1.29 is 25.5 Å². The molecule has 0 amide bonds. The fourth-order valence-electron chi connectivity index (χ4n) is 13.0. The first-order valence-electron chi connectivity index (χ1n) is 24.4. The number of allylic oxidation sites excluding steroid dienone is 8. The van der Waals surface area contributed by atoms with Gasteiger partial charge in [0.1, 0.15) is 0 Å². The zero-order chi connectivity index (χ0) is 44.2. The summed E-state index contributed by atoms with van der Waals surface area (Å²) in [5.74, 6) is 4.19. The lowest BCUT2D eigenvalue weighted by molar-refractivity contribution is 0.0436. The largest absolute Gasteiger partial charge is 0.393 e. The Morgan fingerprint density at radius 2 is 1.25 bits per heavy atom. The van der Waals surface area contributed by atoms with E-state index in [2.05, 4.69) is 84.2 Å². The van der Waals surface area contributed by atoms with Gasteiger partial charge >= 0.3 is 0 Å². The van der Waals surface area contributed by atoms with Crippen LogP contribution < -0.4 is 0 Å². The van der Waals surface area contributed by atoms with Crippen LogP contribution in [0.25, 0.3) is 0 Å². The molecule has 6 aliphatic rings. The third-order valence-electron chi connectivity index (χ3n) is 17.1. The second kappa shape index (κ2) is 20.2. The lowest BCUT2D eigenvalue weighted by atomic mass is 9.60. The third kappa shape index (κ3) is 12.0. The van der Waals surface area contributed by atoms with Gasteiger partial charge in [-0.3, -0.25) is 0 Å². The highest BCUT2D eigenvalue weighted by atomic mass is 16.3. The first-order chi connectivity index (χ1) is 28.0. The fraction of sp³-hybridized carbons (Fsp3) is 0.745. The molecule has 0 spiro atoms. The third-order valence-corrected chi connectivity index (χ3v) is 17.1. The van der Waals surface area contributed by atoms with E-state index in [1.807, 2.05) is 27.7 Å². The molecule has 6 aliphatic carbocycles. The van der Waals surface area contributed by atoms with Gasteiger partial charge in [0, 0.05) is 12.3 Å². The van der Waals surface area contributed by atoms with Crippen molar-refractivity contribution in [2.24, 2.45) is 52.3 Å². The summed E-state index contributed by atoms with van der Waals surface area (Å²) in [6.45, 7) is 27.9. The number of rotatable bonds is 11. The number of aliphatic hydroxyl groups excluding tert-OH is 3. The fourth-order valence-corrected chi connectivity index (χ4v) is 13.0. The van der Waals surface area contributed by atoms with E-state index in [1.165, 1.54) is 81.8 Å². The topological polar surface area (TPSA) is 101 Å². The molecule has 0 aromatic carbocycles. The summed E-state index contributed by atoms with van der Waals surface area (Å²) in [6, 6.07) is 0. The van der Waals surface area contributed by atoms with E-state index in [1.54, 1.807) is 11.1 Å². The maximum Gasteiger partial charge on any atom is 0.0811 e.